The van der Waals surface area contributed by atoms with Crippen LogP contribution in [0.15, 0.2) is 30.5 Å². The Bertz CT molecular complexity index is 540. The molecule has 0 fully saturated rings. The molecule has 1 heterocycles. The molecule has 0 aliphatic carbocycles. The van der Waals surface area contributed by atoms with Gasteiger partial charge in [-0.2, -0.15) is 0 Å². The zero-order valence-electron chi connectivity index (χ0n) is 10.6. The Balaban J connectivity index is 2.17. The van der Waals surface area contributed by atoms with Crippen molar-refractivity contribution in [2.24, 2.45) is 5.92 Å². The number of hydrogen-bond acceptors (Lipinski definition) is 4. The van der Waals surface area contributed by atoms with Crippen molar-refractivity contribution in [1.82, 2.24) is 14.9 Å². The van der Waals surface area contributed by atoms with Crippen LogP contribution in [0, 0.1) is 11.7 Å². The Labute approximate surface area is 114 Å². The van der Waals surface area contributed by atoms with Gasteiger partial charge in [0.15, 0.2) is 0 Å². The summed E-state index contributed by atoms with van der Waals surface area (Å²) in [6, 6.07) is 5.99. The van der Waals surface area contributed by atoms with Crippen molar-refractivity contribution in [2.75, 3.05) is 0 Å². The number of carbonyl (C=O) groups is 1. The minimum atomic E-state index is -0.288. The third-order valence-corrected chi connectivity index (χ3v) is 3.43. The van der Waals surface area contributed by atoms with E-state index in [1.807, 2.05) is 13.8 Å². The largest absolute Gasteiger partial charge is 0.344 e. The second-order valence-electron chi connectivity index (χ2n) is 4.53. The number of rotatable bonds is 4. The minimum absolute atomic E-state index is 0.171. The highest BCUT2D eigenvalue weighted by Crippen LogP contribution is 2.22. The Morgan fingerprint density at radius 1 is 1.32 bits per heavy atom. The maximum atomic E-state index is 12.9. The van der Waals surface area contributed by atoms with Crippen molar-refractivity contribution >= 4 is 17.4 Å². The van der Waals surface area contributed by atoms with Crippen molar-refractivity contribution in [1.29, 1.82) is 0 Å². The molecule has 0 aliphatic heterocycles. The van der Waals surface area contributed by atoms with E-state index in [0.717, 1.165) is 17.1 Å². The summed E-state index contributed by atoms with van der Waals surface area (Å²) < 4.78 is 16.6. The monoisotopic (exact) mass is 279 g/mol. The fourth-order valence-corrected chi connectivity index (χ4v) is 2.20. The lowest BCUT2D eigenvalue weighted by Crippen LogP contribution is -2.31. The highest BCUT2D eigenvalue weighted by atomic mass is 32.1. The number of benzene rings is 1. The average molecular weight is 279 g/mol. The highest BCUT2D eigenvalue weighted by molar-refractivity contribution is 7.07. The quantitative estimate of drug-likeness (QED) is 0.936. The zero-order valence-corrected chi connectivity index (χ0v) is 11.4. The molecular weight excluding hydrogens is 265 g/mol. The van der Waals surface area contributed by atoms with Gasteiger partial charge in [-0.15, -0.1) is 5.10 Å². The minimum Gasteiger partial charge on any atom is -0.344 e. The first kappa shape index (κ1) is 13.6. The summed E-state index contributed by atoms with van der Waals surface area (Å²) in [6.07, 6.45) is 1.43. The zero-order chi connectivity index (χ0) is 13.8. The van der Waals surface area contributed by atoms with Gasteiger partial charge in [-0.05, 0) is 35.1 Å². The van der Waals surface area contributed by atoms with Crippen LogP contribution in [-0.2, 0) is 0 Å². The number of nitrogens with one attached hydrogen (secondary N) is 1. The van der Waals surface area contributed by atoms with Crippen molar-refractivity contribution in [3.63, 3.8) is 0 Å². The van der Waals surface area contributed by atoms with Crippen LogP contribution in [0.4, 0.5) is 4.39 Å². The van der Waals surface area contributed by atoms with Crippen LogP contribution < -0.4 is 5.32 Å². The second kappa shape index (κ2) is 5.88. The van der Waals surface area contributed by atoms with Gasteiger partial charge < -0.3 is 5.32 Å². The molecule has 0 saturated heterocycles. The predicted molar refractivity (Wildman–Crippen MR) is 71.4 cm³/mol. The fraction of sp³-hybridized carbons (Fsp3) is 0.308. The molecule has 0 spiro atoms. The second-order valence-corrected chi connectivity index (χ2v) is 5.31. The van der Waals surface area contributed by atoms with Crippen molar-refractivity contribution in [3.05, 3.63) is 46.7 Å². The Morgan fingerprint density at radius 2 is 2.00 bits per heavy atom. The van der Waals surface area contributed by atoms with E-state index < -0.39 is 0 Å². The van der Waals surface area contributed by atoms with Crippen LogP contribution in [0.2, 0.25) is 0 Å². The van der Waals surface area contributed by atoms with Crippen LogP contribution in [0.1, 0.15) is 35.1 Å². The Hall–Kier alpha value is -1.82. The molecule has 100 valence electrons. The molecule has 2 aromatic rings. The van der Waals surface area contributed by atoms with Gasteiger partial charge in [0, 0.05) is 0 Å². The van der Waals surface area contributed by atoms with Crippen LogP contribution in [0.5, 0.6) is 0 Å². The number of carbonyl (C=O) groups excluding carboxylic acids is 1. The lowest BCUT2D eigenvalue weighted by Gasteiger charge is -2.22. The SMILES string of the molecule is CC(C)[C@@H](NC(=O)c1cnns1)c1ccc(F)cc1. The number of aromatic nitrogens is 2. The average Bonchev–Trinajstić information content (AvgIpc) is 2.90. The van der Waals surface area contributed by atoms with E-state index >= 15 is 0 Å². The first-order chi connectivity index (χ1) is 9.08. The van der Waals surface area contributed by atoms with Crippen molar-refractivity contribution in [3.8, 4) is 0 Å². The van der Waals surface area contributed by atoms with E-state index in [9.17, 15) is 9.18 Å². The third-order valence-electron chi connectivity index (χ3n) is 2.77. The molecule has 0 radical (unpaired) electrons. The molecule has 0 bridgehead atoms. The summed E-state index contributed by atoms with van der Waals surface area (Å²) in [7, 11) is 0. The highest BCUT2D eigenvalue weighted by Gasteiger charge is 2.20. The number of halogens is 1. The van der Waals surface area contributed by atoms with E-state index in [0.29, 0.717) is 4.88 Å². The van der Waals surface area contributed by atoms with Crippen LogP contribution >= 0.6 is 11.5 Å². The van der Waals surface area contributed by atoms with Crippen LogP contribution in [0.25, 0.3) is 0 Å². The van der Waals surface area contributed by atoms with E-state index in [4.69, 9.17) is 0 Å². The fourth-order valence-electron chi connectivity index (χ4n) is 1.78. The maximum absolute atomic E-state index is 12.9. The van der Waals surface area contributed by atoms with Gasteiger partial charge in [-0.3, -0.25) is 4.79 Å². The summed E-state index contributed by atoms with van der Waals surface area (Å²) in [6.45, 7) is 4.00. The molecule has 1 aromatic heterocycles. The molecule has 0 aliphatic rings. The summed E-state index contributed by atoms with van der Waals surface area (Å²) in [5.74, 6) is -0.308. The molecule has 1 N–H and O–H groups in total. The summed E-state index contributed by atoms with van der Waals surface area (Å²) >= 11 is 1.05. The molecule has 1 atom stereocenters. The lowest BCUT2D eigenvalue weighted by molar-refractivity contribution is 0.0929. The van der Waals surface area contributed by atoms with Gasteiger partial charge >= 0.3 is 0 Å². The number of hydrogen-bond donors (Lipinski definition) is 1. The Morgan fingerprint density at radius 3 is 2.53 bits per heavy atom. The molecule has 0 saturated carbocycles. The molecule has 1 aromatic carbocycles. The topological polar surface area (TPSA) is 54.9 Å². The van der Waals surface area contributed by atoms with Crippen molar-refractivity contribution < 1.29 is 9.18 Å². The lowest BCUT2D eigenvalue weighted by atomic mass is 9.96. The van der Waals surface area contributed by atoms with Gasteiger partial charge in [0.05, 0.1) is 12.2 Å². The maximum Gasteiger partial charge on any atom is 0.265 e. The molecule has 1 amide bonds. The van der Waals surface area contributed by atoms with E-state index in [1.54, 1.807) is 12.1 Å². The van der Waals surface area contributed by atoms with Crippen LogP contribution in [0.3, 0.4) is 0 Å². The van der Waals surface area contributed by atoms with Gasteiger partial charge in [-0.1, -0.05) is 30.5 Å². The normalized spacial score (nSPS) is 12.4. The molecule has 0 unspecified atom stereocenters. The predicted octanol–water partition coefficient (Wildman–Crippen LogP) is 2.80. The van der Waals surface area contributed by atoms with E-state index in [1.165, 1.54) is 18.3 Å². The summed E-state index contributed by atoms with van der Waals surface area (Å²) in [4.78, 5) is 12.5. The van der Waals surface area contributed by atoms with Gasteiger partial charge in [0.25, 0.3) is 5.91 Å². The van der Waals surface area contributed by atoms with Crippen molar-refractivity contribution in [2.45, 2.75) is 19.9 Å². The van der Waals surface area contributed by atoms with E-state index in [-0.39, 0.29) is 23.7 Å². The molecular formula is C13H14FN3OS. The van der Waals surface area contributed by atoms with Gasteiger partial charge in [0.2, 0.25) is 0 Å². The Kier molecular flexibility index (Phi) is 4.21. The third kappa shape index (κ3) is 3.35. The number of amides is 1. The van der Waals surface area contributed by atoms with Gasteiger partial charge in [-0.25, -0.2) is 4.39 Å². The smallest absolute Gasteiger partial charge is 0.265 e. The molecule has 2 rings (SSSR count). The standard InChI is InChI=1S/C13H14FN3OS/c1-8(2)12(9-3-5-10(14)6-4-9)16-13(18)11-7-15-17-19-11/h3-8,12H,1-2H3,(H,16,18)/t12-/m1/s1. The first-order valence-electron chi connectivity index (χ1n) is 5.91. The van der Waals surface area contributed by atoms with Crippen LogP contribution in [-0.4, -0.2) is 15.5 Å². The summed E-state index contributed by atoms with van der Waals surface area (Å²) in [5, 5.41) is 6.56. The molecule has 4 nitrogen and oxygen atoms in total. The van der Waals surface area contributed by atoms with Gasteiger partial charge in [0.1, 0.15) is 10.7 Å². The number of nitrogens with zero attached hydrogens (tertiary/aromatic N) is 2. The van der Waals surface area contributed by atoms with E-state index in [2.05, 4.69) is 14.9 Å². The summed E-state index contributed by atoms with van der Waals surface area (Å²) in [5.41, 5.74) is 0.877. The molecule has 6 heteroatoms. The molecule has 19 heavy (non-hydrogen) atoms. The first-order valence-corrected chi connectivity index (χ1v) is 6.69.